The van der Waals surface area contributed by atoms with Gasteiger partial charge in [0.15, 0.2) is 0 Å². The van der Waals surface area contributed by atoms with Gasteiger partial charge in [-0.05, 0) is 31.5 Å². The average Bonchev–Trinajstić information content (AvgIpc) is 2.39. The van der Waals surface area contributed by atoms with Crippen LogP contribution in [-0.2, 0) is 4.74 Å². The Kier molecular flexibility index (Phi) is 3.90. The van der Waals surface area contributed by atoms with Gasteiger partial charge < -0.3 is 20.9 Å². The summed E-state index contributed by atoms with van der Waals surface area (Å²) in [6.45, 7) is 6.99. The van der Waals surface area contributed by atoms with Gasteiger partial charge in [-0.2, -0.15) is 0 Å². The van der Waals surface area contributed by atoms with Crippen molar-refractivity contribution in [3.8, 4) is 0 Å². The second-order valence-electron chi connectivity index (χ2n) is 5.81. The molecule has 1 aliphatic carbocycles. The molecular formula is C15H22N2O3. The SMILES string of the molecule is CCOC1CC(Nc2cc(C(=O)O)ccc2N)C1(C)C. The number of rotatable bonds is 5. The molecule has 110 valence electrons. The fourth-order valence-corrected chi connectivity index (χ4v) is 2.62. The van der Waals surface area contributed by atoms with Gasteiger partial charge in [0.1, 0.15) is 0 Å². The number of hydrogen-bond acceptors (Lipinski definition) is 4. The largest absolute Gasteiger partial charge is 0.478 e. The standard InChI is InChI=1S/C15H22N2O3/c1-4-20-13-8-12(15(13,2)3)17-11-7-9(14(18)19)5-6-10(11)16/h5-7,12-13,17H,4,8,16H2,1-3H3,(H,18,19). The maximum atomic E-state index is 11.0. The number of ether oxygens (including phenoxy) is 1. The zero-order valence-electron chi connectivity index (χ0n) is 12.1. The molecule has 2 rings (SSSR count). The zero-order chi connectivity index (χ0) is 14.9. The summed E-state index contributed by atoms with van der Waals surface area (Å²) in [5.74, 6) is -0.951. The van der Waals surface area contributed by atoms with E-state index in [1.54, 1.807) is 12.1 Å². The van der Waals surface area contributed by atoms with Crippen LogP contribution in [0.2, 0.25) is 0 Å². The van der Waals surface area contributed by atoms with Gasteiger partial charge in [0.25, 0.3) is 0 Å². The van der Waals surface area contributed by atoms with Crippen LogP contribution < -0.4 is 11.1 Å². The number of anilines is 2. The molecule has 0 aliphatic heterocycles. The fraction of sp³-hybridized carbons (Fsp3) is 0.533. The van der Waals surface area contributed by atoms with Crippen molar-refractivity contribution in [1.82, 2.24) is 0 Å². The first-order valence-corrected chi connectivity index (χ1v) is 6.87. The van der Waals surface area contributed by atoms with Gasteiger partial charge in [0, 0.05) is 18.1 Å². The molecule has 2 atom stereocenters. The smallest absolute Gasteiger partial charge is 0.335 e. The van der Waals surface area contributed by atoms with Crippen LogP contribution in [0.15, 0.2) is 18.2 Å². The minimum Gasteiger partial charge on any atom is -0.478 e. The Morgan fingerprint density at radius 3 is 2.80 bits per heavy atom. The van der Waals surface area contributed by atoms with Crippen LogP contribution in [0.25, 0.3) is 0 Å². The van der Waals surface area contributed by atoms with Crippen LogP contribution in [0, 0.1) is 5.41 Å². The Hall–Kier alpha value is -1.75. The molecular weight excluding hydrogens is 256 g/mol. The normalized spacial score (nSPS) is 23.9. The van der Waals surface area contributed by atoms with Crippen molar-refractivity contribution in [3.63, 3.8) is 0 Å². The first-order valence-electron chi connectivity index (χ1n) is 6.87. The first kappa shape index (κ1) is 14.7. The Bertz CT molecular complexity index is 514. The van der Waals surface area contributed by atoms with E-state index in [1.807, 2.05) is 6.92 Å². The van der Waals surface area contributed by atoms with Gasteiger partial charge in [-0.15, -0.1) is 0 Å². The van der Waals surface area contributed by atoms with Crippen LogP contribution in [0.1, 0.15) is 37.6 Å². The first-order chi connectivity index (χ1) is 9.36. The molecule has 0 heterocycles. The number of benzene rings is 1. The molecule has 5 heteroatoms. The second kappa shape index (κ2) is 5.32. The summed E-state index contributed by atoms with van der Waals surface area (Å²) < 4.78 is 5.69. The van der Waals surface area contributed by atoms with E-state index in [-0.39, 0.29) is 23.1 Å². The zero-order valence-corrected chi connectivity index (χ0v) is 12.1. The Labute approximate surface area is 119 Å². The molecule has 1 aromatic carbocycles. The Morgan fingerprint density at radius 1 is 1.55 bits per heavy atom. The van der Waals surface area contributed by atoms with E-state index >= 15 is 0 Å². The lowest BCUT2D eigenvalue weighted by Crippen LogP contribution is -2.58. The van der Waals surface area contributed by atoms with Gasteiger partial charge in [-0.25, -0.2) is 4.79 Å². The van der Waals surface area contributed by atoms with Crippen LogP contribution >= 0.6 is 0 Å². The van der Waals surface area contributed by atoms with Gasteiger partial charge >= 0.3 is 5.97 Å². The summed E-state index contributed by atoms with van der Waals surface area (Å²) in [5.41, 5.74) is 7.39. The van der Waals surface area contributed by atoms with Crippen LogP contribution in [-0.4, -0.2) is 29.8 Å². The van der Waals surface area contributed by atoms with Crippen molar-refractivity contribution < 1.29 is 14.6 Å². The van der Waals surface area contributed by atoms with Crippen LogP contribution in [0.4, 0.5) is 11.4 Å². The Balaban J connectivity index is 2.12. The van der Waals surface area contributed by atoms with E-state index in [0.29, 0.717) is 18.0 Å². The van der Waals surface area contributed by atoms with E-state index < -0.39 is 5.97 Å². The summed E-state index contributed by atoms with van der Waals surface area (Å²) in [4.78, 5) is 11.0. The van der Waals surface area contributed by atoms with Gasteiger partial charge in [-0.1, -0.05) is 13.8 Å². The minimum absolute atomic E-state index is 0.00167. The van der Waals surface area contributed by atoms with Gasteiger partial charge in [0.2, 0.25) is 0 Å². The van der Waals surface area contributed by atoms with Crippen LogP contribution in [0.3, 0.4) is 0 Å². The highest BCUT2D eigenvalue weighted by atomic mass is 16.5. The molecule has 20 heavy (non-hydrogen) atoms. The lowest BCUT2D eigenvalue weighted by Gasteiger charge is -2.52. The highest BCUT2D eigenvalue weighted by molar-refractivity contribution is 5.90. The number of carboxylic acid groups (broad SMARTS) is 1. The van der Waals surface area contributed by atoms with E-state index in [4.69, 9.17) is 15.6 Å². The third-order valence-corrected chi connectivity index (χ3v) is 4.18. The summed E-state index contributed by atoms with van der Waals surface area (Å²) in [5, 5.41) is 12.4. The highest BCUT2D eigenvalue weighted by Gasteiger charge is 2.49. The summed E-state index contributed by atoms with van der Waals surface area (Å²) >= 11 is 0. The van der Waals surface area contributed by atoms with Crippen molar-refractivity contribution in [2.24, 2.45) is 5.41 Å². The van der Waals surface area contributed by atoms with Crippen molar-refractivity contribution in [3.05, 3.63) is 23.8 Å². The lowest BCUT2D eigenvalue weighted by molar-refractivity contribution is -0.0975. The third kappa shape index (κ3) is 2.58. The quantitative estimate of drug-likeness (QED) is 0.721. The molecule has 1 saturated carbocycles. The van der Waals surface area contributed by atoms with E-state index in [1.165, 1.54) is 6.07 Å². The number of nitrogens with two attached hydrogens (primary N) is 1. The van der Waals surface area contributed by atoms with Crippen molar-refractivity contribution in [2.45, 2.75) is 39.3 Å². The maximum absolute atomic E-state index is 11.0. The molecule has 0 spiro atoms. The number of nitrogen functional groups attached to an aromatic ring is 1. The molecule has 0 amide bonds. The van der Waals surface area contributed by atoms with Crippen molar-refractivity contribution in [2.75, 3.05) is 17.7 Å². The summed E-state index contributed by atoms with van der Waals surface area (Å²) in [7, 11) is 0. The average molecular weight is 278 g/mol. The third-order valence-electron chi connectivity index (χ3n) is 4.18. The van der Waals surface area contributed by atoms with Crippen LogP contribution in [0.5, 0.6) is 0 Å². The van der Waals surface area contributed by atoms with E-state index in [9.17, 15) is 4.79 Å². The Morgan fingerprint density at radius 2 is 2.25 bits per heavy atom. The maximum Gasteiger partial charge on any atom is 0.335 e. The molecule has 1 aromatic rings. The molecule has 0 saturated heterocycles. The van der Waals surface area contributed by atoms with E-state index in [2.05, 4.69) is 19.2 Å². The second-order valence-corrected chi connectivity index (χ2v) is 5.81. The number of carboxylic acids is 1. The molecule has 0 radical (unpaired) electrons. The summed E-state index contributed by atoms with van der Waals surface area (Å²) in [6, 6.07) is 4.95. The number of aromatic carboxylic acids is 1. The van der Waals surface area contributed by atoms with Crippen molar-refractivity contribution in [1.29, 1.82) is 0 Å². The predicted molar refractivity (Wildman–Crippen MR) is 79.0 cm³/mol. The molecule has 1 aliphatic rings. The topological polar surface area (TPSA) is 84.6 Å². The molecule has 1 fully saturated rings. The number of carbonyl (C=O) groups is 1. The fourth-order valence-electron chi connectivity index (χ4n) is 2.62. The number of nitrogens with one attached hydrogen (secondary N) is 1. The van der Waals surface area contributed by atoms with Gasteiger partial charge in [0.05, 0.1) is 23.0 Å². The highest BCUT2D eigenvalue weighted by Crippen LogP contribution is 2.44. The van der Waals surface area contributed by atoms with Gasteiger partial charge in [-0.3, -0.25) is 0 Å². The molecule has 0 bridgehead atoms. The monoisotopic (exact) mass is 278 g/mol. The van der Waals surface area contributed by atoms with Crippen molar-refractivity contribution >= 4 is 17.3 Å². The summed E-state index contributed by atoms with van der Waals surface area (Å²) in [6.07, 6.45) is 1.13. The molecule has 5 nitrogen and oxygen atoms in total. The molecule has 2 unspecified atom stereocenters. The predicted octanol–water partition coefficient (Wildman–Crippen LogP) is 2.58. The molecule has 4 N–H and O–H groups in total. The lowest BCUT2D eigenvalue weighted by atomic mass is 9.64. The number of hydrogen-bond donors (Lipinski definition) is 3. The minimum atomic E-state index is -0.951. The molecule has 0 aromatic heterocycles. The van der Waals surface area contributed by atoms with E-state index in [0.717, 1.165) is 6.42 Å².